The van der Waals surface area contributed by atoms with Gasteiger partial charge >= 0.3 is 0 Å². The van der Waals surface area contributed by atoms with Crippen molar-refractivity contribution in [2.75, 3.05) is 24.2 Å². The maximum Gasteiger partial charge on any atom is 0.236 e. The molecule has 1 saturated heterocycles. The molecule has 6 nitrogen and oxygen atoms in total. The van der Waals surface area contributed by atoms with Crippen LogP contribution in [0.4, 0.5) is 5.13 Å². The number of thiazole rings is 1. The van der Waals surface area contributed by atoms with Gasteiger partial charge in [-0.3, -0.25) is 14.3 Å². The number of hydrogen-bond acceptors (Lipinski definition) is 6. The molecule has 2 aromatic heterocycles. The van der Waals surface area contributed by atoms with E-state index in [0.717, 1.165) is 36.2 Å². The van der Waals surface area contributed by atoms with E-state index in [1.54, 1.807) is 6.20 Å². The van der Waals surface area contributed by atoms with Crippen molar-refractivity contribution < 1.29 is 4.79 Å². The Morgan fingerprint density at radius 1 is 1.23 bits per heavy atom. The van der Waals surface area contributed by atoms with Crippen LogP contribution in [0.3, 0.4) is 0 Å². The minimum Gasteiger partial charge on any atom is -0.301 e. The van der Waals surface area contributed by atoms with Crippen molar-refractivity contribution in [1.29, 1.82) is 0 Å². The number of nitrogens with one attached hydrogen (secondary N) is 1. The summed E-state index contributed by atoms with van der Waals surface area (Å²) >= 11 is 2.93. The van der Waals surface area contributed by atoms with Crippen LogP contribution in [0, 0.1) is 13.8 Å². The molecule has 1 aliphatic rings. The molecule has 3 aromatic rings. The van der Waals surface area contributed by atoms with Crippen molar-refractivity contribution in [3.8, 4) is 5.69 Å². The van der Waals surface area contributed by atoms with Gasteiger partial charge in [-0.15, -0.1) is 11.3 Å². The fourth-order valence-electron chi connectivity index (χ4n) is 3.63. The van der Waals surface area contributed by atoms with E-state index >= 15 is 0 Å². The molecule has 158 valence electrons. The number of hydrogen-bond donors (Lipinski definition) is 1. The van der Waals surface area contributed by atoms with Gasteiger partial charge in [0.2, 0.25) is 5.91 Å². The van der Waals surface area contributed by atoms with Crippen LogP contribution in [0.5, 0.6) is 0 Å². The van der Waals surface area contributed by atoms with Crippen LogP contribution in [0.1, 0.15) is 36.1 Å². The second kappa shape index (κ2) is 9.76. The summed E-state index contributed by atoms with van der Waals surface area (Å²) < 4.78 is 2.04. The van der Waals surface area contributed by atoms with Gasteiger partial charge in [-0.2, -0.15) is 0 Å². The summed E-state index contributed by atoms with van der Waals surface area (Å²) in [5.74, 6) is 0.234. The quantitative estimate of drug-likeness (QED) is 0.540. The zero-order valence-electron chi connectivity index (χ0n) is 17.4. The third kappa shape index (κ3) is 5.30. The smallest absolute Gasteiger partial charge is 0.236 e. The summed E-state index contributed by atoms with van der Waals surface area (Å²) in [6, 6.07) is 6.35. The number of imidazole rings is 1. The largest absolute Gasteiger partial charge is 0.301 e. The first kappa shape index (κ1) is 21.1. The summed E-state index contributed by atoms with van der Waals surface area (Å²) in [5, 5.41) is 6.46. The molecule has 0 unspecified atom stereocenters. The Kier molecular flexibility index (Phi) is 6.86. The topological polar surface area (TPSA) is 63.1 Å². The highest BCUT2D eigenvalue weighted by Gasteiger charge is 2.14. The average Bonchev–Trinajstić information content (AvgIpc) is 3.38. The minimum atomic E-state index is -0.0608. The number of nitrogens with zero attached hydrogens (tertiary/aromatic N) is 4. The van der Waals surface area contributed by atoms with Crippen molar-refractivity contribution in [3.05, 3.63) is 52.8 Å². The zero-order valence-corrected chi connectivity index (χ0v) is 19.1. The normalized spacial score (nSPS) is 14.7. The lowest BCUT2D eigenvalue weighted by Gasteiger charge is -2.25. The van der Waals surface area contributed by atoms with Crippen molar-refractivity contribution >= 4 is 34.1 Å². The number of likely N-dealkylation sites (tertiary alicyclic amines) is 1. The second-order valence-corrected chi connectivity index (χ2v) is 9.49. The number of anilines is 1. The molecule has 0 radical (unpaired) electrons. The predicted molar refractivity (Wildman–Crippen MR) is 124 cm³/mol. The van der Waals surface area contributed by atoms with Crippen molar-refractivity contribution in [3.63, 3.8) is 0 Å². The molecule has 1 aliphatic heterocycles. The summed E-state index contributed by atoms with van der Waals surface area (Å²) in [5.41, 5.74) is 4.50. The van der Waals surface area contributed by atoms with Gasteiger partial charge in [-0.25, -0.2) is 9.97 Å². The molecule has 0 spiro atoms. The first-order chi connectivity index (χ1) is 14.6. The van der Waals surface area contributed by atoms with E-state index in [2.05, 4.69) is 52.2 Å². The predicted octanol–water partition coefficient (Wildman–Crippen LogP) is 4.66. The third-order valence-electron chi connectivity index (χ3n) is 5.20. The molecule has 0 aliphatic carbocycles. The van der Waals surface area contributed by atoms with Crippen LogP contribution in [0.15, 0.2) is 41.1 Å². The number of aryl methyl sites for hydroxylation is 2. The van der Waals surface area contributed by atoms with E-state index in [0.29, 0.717) is 10.9 Å². The SMILES string of the molecule is Cc1ccc(C)c(-n2ccnc2SCC(=O)Nc2nc(CN3CCCCC3)cs2)c1. The Labute approximate surface area is 185 Å². The number of piperidine rings is 1. The Hall–Kier alpha value is -2.16. The summed E-state index contributed by atoms with van der Waals surface area (Å²) in [6.07, 6.45) is 7.57. The van der Waals surface area contributed by atoms with Crippen LogP contribution >= 0.6 is 23.1 Å². The van der Waals surface area contributed by atoms with Gasteiger partial charge in [0.05, 0.1) is 17.1 Å². The van der Waals surface area contributed by atoms with Crippen molar-refractivity contribution in [1.82, 2.24) is 19.4 Å². The summed E-state index contributed by atoms with van der Waals surface area (Å²) in [6.45, 7) is 7.31. The van der Waals surface area contributed by atoms with Crippen LogP contribution in [0.25, 0.3) is 5.69 Å². The van der Waals surface area contributed by atoms with Crippen LogP contribution in [0.2, 0.25) is 0 Å². The standard InChI is InChI=1S/C22H27N5OS2/c1-16-6-7-17(2)19(12-16)27-11-8-23-22(27)30-15-20(28)25-21-24-18(14-29-21)13-26-9-4-3-5-10-26/h6-8,11-12,14H,3-5,9-10,13,15H2,1-2H3,(H,24,25,28). The maximum atomic E-state index is 12.5. The highest BCUT2D eigenvalue weighted by Crippen LogP contribution is 2.24. The Bertz CT molecular complexity index is 1010. The molecule has 8 heteroatoms. The lowest BCUT2D eigenvalue weighted by atomic mass is 10.1. The van der Waals surface area contributed by atoms with Gasteiger partial charge in [0.25, 0.3) is 0 Å². The Balaban J connectivity index is 1.33. The molecule has 1 amide bonds. The summed E-state index contributed by atoms with van der Waals surface area (Å²) in [4.78, 5) is 23.9. The molecule has 0 atom stereocenters. The molecular formula is C22H27N5OS2. The minimum absolute atomic E-state index is 0.0608. The summed E-state index contributed by atoms with van der Waals surface area (Å²) in [7, 11) is 0. The first-order valence-electron chi connectivity index (χ1n) is 10.3. The Morgan fingerprint density at radius 2 is 2.07 bits per heavy atom. The van der Waals surface area contributed by atoms with E-state index in [4.69, 9.17) is 0 Å². The van der Waals surface area contributed by atoms with Gasteiger partial charge in [-0.1, -0.05) is 30.3 Å². The van der Waals surface area contributed by atoms with Gasteiger partial charge in [0.1, 0.15) is 0 Å². The number of rotatable bonds is 7. The lowest BCUT2D eigenvalue weighted by molar-refractivity contribution is -0.113. The zero-order chi connectivity index (χ0) is 20.9. The molecular weight excluding hydrogens is 414 g/mol. The van der Waals surface area contributed by atoms with E-state index in [1.165, 1.54) is 53.5 Å². The number of aromatic nitrogens is 3. The van der Waals surface area contributed by atoms with Gasteiger partial charge in [0.15, 0.2) is 10.3 Å². The molecule has 0 saturated carbocycles. The first-order valence-corrected chi connectivity index (χ1v) is 12.2. The van der Waals surface area contributed by atoms with Crippen molar-refractivity contribution in [2.45, 2.75) is 44.8 Å². The van der Waals surface area contributed by atoms with Gasteiger partial charge < -0.3 is 5.32 Å². The number of thioether (sulfide) groups is 1. The molecule has 1 fully saturated rings. The fraction of sp³-hybridized carbons (Fsp3) is 0.409. The Morgan fingerprint density at radius 3 is 2.90 bits per heavy atom. The van der Waals surface area contributed by atoms with E-state index < -0.39 is 0 Å². The van der Waals surface area contributed by atoms with Gasteiger partial charge in [-0.05, 0) is 57.0 Å². The maximum absolute atomic E-state index is 12.5. The van der Waals surface area contributed by atoms with Crippen LogP contribution in [-0.4, -0.2) is 44.2 Å². The highest BCUT2D eigenvalue weighted by molar-refractivity contribution is 7.99. The van der Waals surface area contributed by atoms with Crippen LogP contribution in [-0.2, 0) is 11.3 Å². The second-order valence-electron chi connectivity index (χ2n) is 7.69. The van der Waals surface area contributed by atoms with E-state index in [-0.39, 0.29) is 5.91 Å². The molecule has 1 aromatic carbocycles. The molecule has 1 N–H and O–H groups in total. The monoisotopic (exact) mass is 441 g/mol. The van der Waals surface area contributed by atoms with Crippen LogP contribution < -0.4 is 5.32 Å². The number of amides is 1. The molecule has 3 heterocycles. The van der Waals surface area contributed by atoms with E-state index in [9.17, 15) is 4.79 Å². The molecule has 4 rings (SSSR count). The number of carbonyl (C=O) groups is 1. The fourth-order valence-corrected chi connectivity index (χ4v) is 5.11. The highest BCUT2D eigenvalue weighted by atomic mass is 32.2. The molecule has 0 bridgehead atoms. The average molecular weight is 442 g/mol. The lowest BCUT2D eigenvalue weighted by Crippen LogP contribution is -2.29. The van der Waals surface area contributed by atoms with Crippen molar-refractivity contribution in [2.24, 2.45) is 0 Å². The number of benzene rings is 1. The van der Waals surface area contributed by atoms with E-state index in [1.807, 2.05) is 16.1 Å². The third-order valence-corrected chi connectivity index (χ3v) is 6.97. The van der Waals surface area contributed by atoms with Gasteiger partial charge in [0, 0.05) is 24.3 Å². The number of carbonyl (C=O) groups excluding carboxylic acids is 1. The molecule has 30 heavy (non-hydrogen) atoms.